The first-order chi connectivity index (χ1) is 17.7. The first-order valence-corrected chi connectivity index (χ1v) is 12.8. The number of nitrogens with two attached hydrogens (primary N) is 1. The van der Waals surface area contributed by atoms with E-state index in [1.54, 1.807) is 0 Å². The van der Waals surface area contributed by atoms with Crippen LogP contribution in [0, 0.1) is 0 Å². The van der Waals surface area contributed by atoms with Crippen LogP contribution in [0.15, 0.2) is 0 Å². The van der Waals surface area contributed by atoms with E-state index in [0.29, 0.717) is 13.0 Å². The van der Waals surface area contributed by atoms with Crippen LogP contribution >= 0.6 is 0 Å². The van der Waals surface area contributed by atoms with E-state index >= 15 is 0 Å². The molecular formula is C23H43N5O9. The molecule has 4 amide bonds. The lowest BCUT2D eigenvalue weighted by atomic mass is 9.98. The Morgan fingerprint density at radius 3 is 1.81 bits per heavy atom. The smallest absolute Gasteiger partial charge is 0.239 e. The predicted octanol–water partition coefficient (Wildman–Crippen LogP) is -3.28. The number of hydrogen-bond acceptors (Lipinski definition) is 10. The molecule has 0 unspecified atom stereocenters. The molecule has 214 valence electrons. The summed E-state index contributed by atoms with van der Waals surface area (Å²) in [6, 6.07) is 0. The summed E-state index contributed by atoms with van der Waals surface area (Å²) in [4.78, 5) is 46.2. The number of nitrogens with one attached hydrogen (secondary N) is 4. The summed E-state index contributed by atoms with van der Waals surface area (Å²) >= 11 is 0. The van der Waals surface area contributed by atoms with Crippen LogP contribution in [-0.4, -0.2) is 107 Å². The van der Waals surface area contributed by atoms with Gasteiger partial charge in [-0.3, -0.25) is 19.2 Å². The Kier molecular flexibility index (Phi) is 16.6. The monoisotopic (exact) mass is 533 g/mol. The zero-order valence-electron chi connectivity index (χ0n) is 21.2. The van der Waals surface area contributed by atoms with Gasteiger partial charge in [-0.2, -0.15) is 0 Å². The zero-order valence-corrected chi connectivity index (χ0v) is 21.2. The van der Waals surface area contributed by atoms with Crippen molar-refractivity contribution in [2.45, 2.75) is 88.4 Å². The largest absolute Gasteiger partial charge is 0.394 e. The topological polar surface area (TPSA) is 233 Å². The van der Waals surface area contributed by atoms with Gasteiger partial charge in [0.2, 0.25) is 23.6 Å². The quantitative estimate of drug-likeness (QED) is 0.0797. The van der Waals surface area contributed by atoms with Crippen molar-refractivity contribution in [1.29, 1.82) is 0 Å². The Morgan fingerprint density at radius 1 is 0.676 bits per heavy atom. The number of rotatable bonds is 18. The molecule has 0 aromatic carbocycles. The van der Waals surface area contributed by atoms with Crippen LogP contribution in [0.4, 0.5) is 0 Å². The van der Waals surface area contributed by atoms with Crippen molar-refractivity contribution in [3.05, 3.63) is 0 Å². The van der Waals surface area contributed by atoms with Gasteiger partial charge in [0.05, 0.1) is 26.2 Å². The molecule has 0 radical (unpaired) electrons. The fourth-order valence-electron chi connectivity index (χ4n) is 3.71. The predicted molar refractivity (Wildman–Crippen MR) is 132 cm³/mol. The van der Waals surface area contributed by atoms with Gasteiger partial charge in [0.15, 0.2) is 6.23 Å². The second-order valence-corrected chi connectivity index (χ2v) is 9.00. The molecule has 1 fully saturated rings. The lowest BCUT2D eigenvalue weighted by Crippen LogP contribution is -2.63. The summed E-state index contributed by atoms with van der Waals surface area (Å²) in [5.74, 6) is -1.55. The van der Waals surface area contributed by atoms with Crippen LogP contribution in [0.3, 0.4) is 0 Å². The van der Waals surface area contributed by atoms with Gasteiger partial charge in [0.25, 0.3) is 0 Å². The molecule has 0 bridgehead atoms. The van der Waals surface area contributed by atoms with Crippen LogP contribution in [0.25, 0.3) is 0 Å². The zero-order chi connectivity index (χ0) is 27.6. The number of carbonyl (C=O) groups excluding carboxylic acids is 4. The minimum absolute atomic E-state index is 0.155. The molecule has 10 N–H and O–H groups in total. The van der Waals surface area contributed by atoms with Gasteiger partial charge in [-0.25, -0.2) is 0 Å². The summed E-state index contributed by atoms with van der Waals surface area (Å²) in [5.41, 5.74) is 5.11. The minimum atomic E-state index is -1.52. The first kappa shape index (κ1) is 32.7. The Bertz CT molecular complexity index is 710. The van der Waals surface area contributed by atoms with E-state index in [1.165, 1.54) is 0 Å². The highest BCUT2D eigenvalue weighted by atomic mass is 16.6. The molecule has 0 aromatic heterocycles. The Balaban J connectivity index is 1.97. The third kappa shape index (κ3) is 13.7. The highest BCUT2D eigenvalue weighted by molar-refractivity contribution is 5.88. The van der Waals surface area contributed by atoms with Crippen LogP contribution < -0.4 is 27.0 Å². The standard InChI is InChI=1S/C23H43N5O9/c24-11-17(31)26-13-19(33)27-12-18(32)25-10-8-6-4-2-1-3-5-7-9-16(30)28-23-22(36)21(35)20(34)15(14-29)37-23/h15,20-23,29,34-36H,1-14,24H2,(H,25,32)(H,26,31)(H,27,33)(H,28,30)/t15-,20-,21+,22-,23-/m1/s1. The van der Waals surface area contributed by atoms with E-state index in [2.05, 4.69) is 21.3 Å². The maximum atomic E-state index is 12.1. The summed E-state index contributed by atoms with van der Waals surface area (Å²) in [6.45, 7) is -0.618. The lowest BCUT2D eigenvalue weighted by Gasteiger charge is -2.40. The molecule has 14 heteroatoms. The van der Waals surface area contributed by atoms with Crippen molar-refractivity contribution in [2.75, 3.05) is 32.8 Å². The number of unbranched alkanes of at least 4 members (excludes halogenated alkanes) is 7. The second-order valence-electron chi connectivity index (χ2n) is 9.00. The molecule has 14 nitrogen and oxygen atoms in total. The highest BCUT2D eigenvalue weighted by Crippen LogP contribution is 2.20. The lowest BCUT2D eigenvalue weighted by molar-refractivity contribution is -0.236. The van der Waals surface area contributed by atoms with Crippen LogP contribution in [0.1, 0.15) is 57.8 Å². The maximum Gasteiger partial charge on any atom is 0.239 e. The molecule has 37 heavy (non-hydrogen) atoms. The van der Waals surface area contributed by atoms with Gasteiger partial charge in [-0.15, -0.1) is 0 Å². The van der Waals surface area contributed by atoms with Gasteiger partial charge < -0.3 is 52.2 Å². The van der Waals surface area contributed by atoms with E-state index in [4.69, 9.17) is 10.5 Å². The summed E-state index contributed by atoms with van der Waals surface area (Å²) in [7, 11) is 0. The number of aliphatic hydroxyl groups is 4. The van der Waals surface area contributed by atoms with Crippen molar-refractivity contribution >= 4 is 23.6 Å². The van der Waals surface area contributed by atoms with E-state index in [0.717, 1.165) is 44.9 Å². The van der Waals surface area contributed by atoms with Gasteiger partial charge in [-0.1, -0.05) is 38.5 Å². The maximum absolute atomic E-state index is 12.1. The van der Waals surface area contributed by atoms with Gasteiger partial charge in [0, 0.05) is 13.0 Å². The third-order valence-corrected chi connectivity index (χ3v) is 5.93. The number of ether oxygens (including phenoxy) is 1. The second kappa shape index (κ2) is 18.8. The Hall–Kier alpha value is -2.36. The number of carbonyl (C=O) groups is 4. The fraction of sp³-hybridized carbons (Fsp3) is 0.826. The summed E-state index contributed by atoms with van der Waals surface area (Å²) in [6.07, 6.45) is 0.853. The van der Waals surface area contributed by atoms with Crippen molar-refractivity contribution in [2.24, 2.45) is 5.73 Å². The average molecular weight is 534 g/mol. The number of aliphatic hydroxyl groups excluding tert-OH is 4. The Morgan fingerprint density at radius 2 is 1.22 bits per heavy atom. The summed E-state index contributed by atoms with van der Waals surface area (Å²) in [5, 5.41) is 48.6. The van der Waals surface area contributed by atoms with Crippen LogP contribution in [0.2, 0.25) is 0 Å². The van der Waals surface area contributed by atoms with E-state index in [9.17, 15) is 39.6 Å². The molecule has 1 saturated heterocycles. The number of hydrogen-bond donors (Lipinski definition) is 9. The number of amides is 4. The third-order valence-electron chi connectivity index (χ3n) is 5.93. The van der Waals surface area contributed by atoms with Crippen LogP contribution in [-0.2, 0) is 23.9 Å². The molecule has 0 spiro atoms. The molecule has 1 aliphatic heterocycles. The van der Waals surface area contributed by atoms with Gasteiger partial charge >= 0.3 is 0 Å². The molecule has 1 rings (SSSR count). The molecule has 5 atom stereocenters. The van der Waals surface area contributed by atoms with Crippen molar-refractivity contribution in [3.63, 3.8) is 0 Å². The van der Waals surface area contributed by atoms with E-state index in [1.807, 2.05) is 0 Å². The molecular weight excluding hydrogens is 490 g/mol. The molecule has 0 aromatic rings. The summed E-state index contributed by atoms with van der Waals surface area (Å²) < 4.78 is 5.26. The van der Waals surface area contributed by atoms with Gasteiger partial charge in [0.1, 0.15) is 24.4 Å². The highest BCUT2D eigenvalue weighted by Gasteiger charge is 2.43. The van der Waals surface area contributed by atoms with Crippen LogP contribution in [0.5, 0.6) is 0 Å². The molecule has 1 heterocycles. The normalized spacial score (nSPS) is 23.2. The molecule has 0 saturated carbocycles. The van der Waals surface area contributed by atoms with Crippen molar-refractivity contribution in [3.8, 4) is 0 Å². The Labute approximate surface area is 216 Å². The minimum Gasteiger partial charge on any atom is -0.394 e. The fourth-order valence-corrected chi connectivity index (χ4v) is 3.71. The van der Waals surface area contributed by atoms with Gasteiger partial charge in [-0.05, 0) is 12.8 Å². The average Bonchev–Trinajstić information content (AvgIpc) is 2.89. The van der Waals surface area contributed by atoms with Crippen molar-refractivity contribution in [1.82, 2.24) is 21.3 Å². The first-order valence-electron chi connectivity index (χ1n) is 12.8. The van der Waals surface area contributed by atoms with E-state index in [-0.39, 0.29) is 37.9 Å². The molecule has 0 aliphatic carbocycles. The van der Waals surface area contributed by atoms with Crippen molar-refractivity contribution < 1.29 is 44.3 Å². The SMILES string of the molecule is NCC(=O)NCC(=O)NCC(=O)NCCCCCCCCCCC(=O)N[C@@H]1O[C@H](CO)[C@@H](O)[C@H](O)[C@H]1O. The van der Waals surface area contributed by atoms with E-state index < -0.39 is 49.1 Å². The molecule has 1 aliphatic rings.